The van der Waals surface area contributed by atoms with Crippen LogP contribution >= 0.6 is 0 Å². The van der Waals surface area contributed by atoms with Crippen LogP contribution in [0, 0.1) is 10.8 Å². The molecule has 1 saturated heterocycles. The summed E-state index contributed by atoms with van der Waals surface area (Å²) in [6.07, 6.45) is 2.42. The maximum Gasteiger partial charge on any atom is 0.0233 e. The smallest absolute Gasteiger partial charge is 0.0233 e. The van der Waals surface area contributed by atoms with E-state index in [0.717, 1.165) is 19.5 Å². The molecule has 1 atom stereocenters. The summed E-state index contributed by atoms with van der Waals surface area (Å²) in [4.78, 5) is 2.59. The third-order valence-corrected chi connectivity index (χ3v) is 4.90. The molecule has 0 radical (unpaired) electrons. The quantitative estimate of drug-likeness (QED) is 0.900. The van der Waals surface area contributed by atoms with Gasteiger partial charge in [0.2, 0.25) is 0 Å². The molecule has 106 valence electrons. The molecule has 1 unspecified atom stereocenters. The van der Waals surface area contributed by atoms with Crippen molar-refractivity contribution in [2.45, 2.75) is 40.2 Å². The molecule has 0 spiro atoms. The lowest BCUT2D eigenvalue weighted by atomic mass is 9.64. The minimum atomic E-state index is 0.331. The van der Waals surface area contributed by atoms with E-state index in [1.54, 1.807) is 0 Å². The third-order valence-electron chi connectivity index (χ3n) is 4.90. The summed E-state index contributed by atoms with van der Waals surface area (Å²) < 4.78 is 0. The van der Waals surface area contributed by atoms with Gasteiger partial charge in [0.05, 0.1) is 0 Å². The molecular formula is C17H28N2. The zero-order valence-electron chi connectivity index (χ0n) is 12.7. The largest absolute Gasteiger partial charge is 0.330 e. The predicted octanol–water partition coefficient (Wildman–Crippen LogP) is 3.27. The molecule has 2 rings (SSSR count). The van der Waals surface area contributed by atoms with Crippen LogP contribution in [0.1, 0.15) is 39.2 Å². The zero-order chi connectivity index (χ0) is 13.9. The highest BCUT2D eigenvalue weighted by molar-refractivity contribution is 5.15. The van der Waals surface area contributed by atoms with Gasteiger partial charge in [-0.2, -0.15) is 0 Å². The molecule has 2 heteroatoms. The van der Waals surface area contributed by atoms with Gasteiger partial charge >= 0.3 is 0 Å². The summed E-state index contributed by atoms with van der Waals surface area (Å²) >= 11 is 0. The van der Waals surface area contributed by atoms with E-state index in [1.807, 2.05) is 0 Å². The van der Waals surface area contributed by atoms with E-state index in [9.17, 15) is 0 Å². The van der Waals surface area contributed by atoms with Crippen LogP contribution in [0.3, 0.4) is 0 Å². The van der Waals surface area contributed by atoms with Crippen LogP contribution in [0.4, 0.5) is 0 Å². The standard InChI is InChI=1S/C17H28N2/c1-16(2,3)17(9-11-18)10-12-19(14-17)13-15-7-5-4-6-8-15/h4-8H,9-14,18H2,1-3H3. The van der Waals surface area contributed by atoms with Gasteiger partial charge in [0.1, 0.15) is 0 Å². The highest BCUT2D eigenvalue weighted by Gasteiger charge is 2.45. The average Bonchev–Trinajstić information content (AvgIpc) is 2.75. The second-order valence-corrected chi connectivity index (χ2v) is 7.02. The molecule has 0 amide bonds. The summed E-state index contributed by atoms with van der Waals surface area (Å²) in [7, 11) is 0. The Morgan fingerprint density at radius 2 is 1.89 bits per heavy atom. The van der Waals surface area contributed by atoms with Crippen molar-refractivity contribution in [2.75, 3.05) is 19.6 Å². The predicted molar refractivity (Wildman–Crippen MR) is 81.9 cm³/mol. The molecule has 1 aromatic rings. The SMILES string of the molecule is CC(C)(C)C1(CCN)CCN(Cc2ccccc2)C1. The number of rotatable bonds is 4. The summed E-state index contributed by atoms with van der Waals surface area (Å²) in [5.41, 5.74) is 8.00. The topological polar surface area (TPSA) is 29.3 Å². The molecule has 2 nitrogen and oxygen atoms in total. The third kappa shape index (κ3) is 3.18. The highest BCUT2D eigenvalue weighted by atomic mass is 15.2. The van der Waals surface area contributed by atoms with Crippen molar-refractivity contribution in [3.63, 3.8) is 0 Å². The number of nitrogens with two attached hydrogens (primary N) is 1. The lowest BCUT2D eigenvalue weighted by Crippen LogP contribution is -2.40. The van der Waals surface area contributed by atoms with Crippen LogP contribution in [0.15, 0.2) is 30.3 Å². The first-order valence-corrected chi connectivity index (χ1v) is 7.43. The van der Waals surface area contributed by atoms with E-state index in [0.29, 0.717) is 10.8 Å². The number of hydrogen-bond donors (Lipinski definition) is 1. The minimum Gasteiger partial charge on any atom is -0.330 e. The summed E-state index contributed by atoms with van der Waals surface area (Å²) in [5, 5.41) is 0. The Morgan fingerprint density at radius 3 is 2.47 bits per heavy atom. The Hall–Kier alpha value is -0.860. The van der Waals surface area contributed by atoms with E-state index in [-0.39, 0.29) is 0 Å². The lowest BCUT2D eigenvalue weighted by molar-refractivity contribution is 0.0835. The van der Waals surface area contributed by atoms with Gasteiger partial charge in [-0.3, -0.25) is 4.90 Å². The van der Waals surface area contributed by atoms with Gasteiger partial charge in [-0.1, -0.05) is 51.1 Å². The van der Waals surface area contributed by atoms with Gasteiger partial charge in [-0.15, -0.1) is 0 Å². The van der Waals surface area contributed by atoms with E-state index < -0.39 is 0 Å². The molecular weight excluding hydrogens is 232 g/mol. The van der Waals surface area contributed by atoms with Crippen LogP contribution in [0.5, 0.6) is 0 Å². The summed E-state index contributed by atoms with van der Waals surface area (Å²) in [5.74, 6) is 0. The number of nitrogens with zero attached hydrogens (tertiary/aromatic N) is 1. The molecule has 1 aliphatic rings. The van der Waals surface area contributed by atoms with Crippen LogP contribution < -0.4 is 5.73 Å². The lowest BCUT2D eigenvalue weighted by Gasteiger charge is -2.42. The van der Waals surface area contributed by atoms with Gasteiger partial charge in [-0.05, 0) is 42.3 Å². The van der Waals surface area contributed by atoms with Crippen LogP contribution in [0.2, 0.25) is 0 Å². The average molecular weight is 260 g/mol. The highest BCUT2D eigenvalue weighted by Crippen LogP contribution is 2.48. The van der Waals surface area contributed by atoms with E-state index in [1.165, 1.54) is 25.1 Å². The molecule has 1 fully saturated rings. The molecule has 0 aromatic heterocycles. The van der Waals surface area contributed by atoms with Crippen molar-refractivity contribution in [1.29, 1.82) is 0 Å². The normalized spacial score (nSPS) is 24.8. The molecule has 19 heavy (non-hydrogen) atoms. The van der Waals surface area contributed by atoms with Crippen molar-refractivity contribution < 1.29 is 0 Å². The Labute approximate surface area is 118 Å². The Bertz CT molecular complexity index is 393. The van der Waals surface area contributed by atoms with Crippen LogP contribution in [-0.2, 0) is 6.54 Å². The van der Waals surface area contributed by atoms with Gasteiger partial charge < -0.3 is 5.73 Å². The van der Waals surface area contributed by atoms with Gasteiger partial charge in [-0.25, -0.2) is 0 Å². The van der Waals surface area contributed by atoms with Crippen molar-refractivity contribution in [1.82, 2.24) is 4.90 Å². The number of hydrogen-bond acceptors (Lipinski definition) is 2. The van der Waals surface area contributed by atoms with Crippen LogP contribution in [-0.4, -0.2) is 24.5 Å². The first-order valence-electron chi connectivity index (χ1n) is 7.43. The van der Waals surface area contributed by atoms with Gasteiger partial charge in [0.25, 0.3) is 0 Å². The molecule has 1 heterocycles. The van der Waals surface area contributed by atoms with E-state index in [4.69, 9.17) is 5.73 Å². The van der Waals surface area contributed by atoms with Gasteiger partial charge in [0, 0.05) is 13.1 Å². The van der Waals surface area contributed by atoms with Gasteiger partial charge in [0.15, 0.2) is 0 Å². The zero-order valence-corrected chi connectivity index (χ0v) is 12.7. The Morgan fingerprint density at radius 1 is 1.21 bits per heavy atom. The number of likely N-dealkylation sites (tertiary alicyclic amines) is 1. The second kappa shape index (κ2) is 5.64. The van der Waals surface area contributed by atoms with Crippen molar-refractivity contribution in [3.05, 3.63) is 35.9 Å². The maximum absolute atomic E-state index is 5.87. The van der Waals surface area contributed by atoms with Crippen molar-refractivity contribution in [2.24, 2.45) is 16.6 Å². The molecule has 0 aliphatic carbocycles. The fourth-order valence-electron chi connectivity index (χ4n) is 3.40. The van der Waals surface area contributed by atoms with Crippen LogP contribution in [0.25, 0.3) is 0 Å². The molecule has 2 N–H and O–H groups in total. The fraction of sp³-hybridized carbons (Fsp3) is 0.647. The fourth-order valence-corrected chi connectivity index (χ4v) is 3.40. The van der Waals surface area contributed by atoms with Crippen molar-refractivity contribution >= 4 is 0 Å². The second-order valence-electron chi connectivity index (χ2n) is 7.02. The maximum atomic E-state index is 5.87. The summed E-state index contributed by atoms with van der Waals surface area (Å²) in [6.45, 7) is 11.4. The van der Waals surface area contributed by atoms with E-state index >= 15 is 0 Å². The van der Waals surface area contributed by atoms with Crippen molar-refractivity contribution in [3.8, 4) is 0 Å². The molecule has 1 aliphatic heterocycles. The Balaban J connectivity index is 2.05. The first-order chi connectivity index (χ1) is 8.97. The monoisotopic (exact) mass is 260 g/mol. The first kappa shape index (κ1) is 14.5. The molecule has 0 bridgehead atoms. The minimum absolute atomic E-state index is 0.331. The number of benzene rings is 1. The molecule has 0 saturated carbocycles. The van der Waals surface area contributed by atoms with E-state index in [2.05, 4.69) is 56.0 Å². The summed E-state index contributed by atoms with van der Waals surface area (Å²) in [6, 6.07) is 10.8. The molecule has 1 aromatic carbocycles. The Kier molecular flexibility index (Phi) is 4.32.